The van der Waals surface area contributed by atoms with E-state index in [2.05, 4.69) is 5.32 Å². The largest absolute Gasteiger partial charge is 0.449 e. The lowest BCUT2D eigenvalue weighted by molar-refractivity contribution is -0.123. The minimum absolute atomic E-state index is 0.0480. The van der Waals surface area contributed by atoms with E-state index in [4.69, 9.17) is 4.74 Å². The number of hydrogen-bond acceptors (Lipinski definition) is 4. The van der Waals surface area contributed by atoms with Gasteiger partial charge in [0, 0.05) is 24.3 Å². The van der Waals surface area contributed by atoms with Crippen molar-refractivity contribution in [1.29, 1.82) is 0 Å². The minimum atomic E-state index is -0.954. The molecule has 28 heavy (non-hydrogen) atoms. The summed E-state index contributed by atoms with van der Waals surface area (Å²) >= 11 is 0. The highest BCUT2D eigenvalue weighted by Crippen LogP contribution is 2.23. The number of benzene rings is 2. The molecule has 0 spiro atoms. The smallest absolute Gasteiger partial charge is 0.338 e. The molecule has 1 unspecified atom stereocenters. The summed E-state index contributed by atoms with van der Waals surface area (Å²) in [6.45, 7) is 6.02. The van der Waals surface area contributed by atoms with Crippen LogP contribution in [0.4, 0.5) is 11.4 Å². The van der Waals surface area contributed by atoms with Crippen LogP contribution in [0.1, 0.15) is 41.3 Å². The van der Waals surface area contributed by atoms with Crippen molar-refractivity contribution in [2.75, 3.05) is 16.8 Å². The molecule has 1 aliphatic heterocycles. The number of nitrogens with zero attached hydrogens (tertiary/aromatic N) is 1. The summed E-state index contributed by atoms with van der Waals surface area (Å²) in [5.41, 5.74) is 3.63. The first-order chi connectivity index (χ1) is 13.3. The van der Waals surface area contributed by atoms with Gasteiger partial charge in [-0.1, -0.05) is 18.2 Å². The molecule has 1 N–H and O–H groups in total. The van der Waals surface area contributed by atoms with Crippen molar-refractivity contribution >= 4 is 29.2 Å². The molecule has 146 valence electrons. The van der Waals surface area contributed by atoms with Gasteiger partial charge in [0.2, 0.25) is 5.91 Å². The lowest BCUT2D eigenvalue weighted by atomic mass is 10.1. The van der Waals surface area contributed by atoms with Gasteiger partial charge < -0.3 is 15.0 Å². The summed E-state index contributed by atoms with van der Waals surface area (Å²) in [6, 6.07) is 12.5. The predicted molar refractivity (Wildman–Crippen MR) is 107 cm³/mol. The van der Waals surface area contributed by atoms with Crippen molar-refractivity contribution in [2.45, 2.75) is 39.7 Å². The van der Waals surface area contributed by atoms with Gasteiger partial charge >= 0.3 is 5.97 Å². The highest BCUT2D eigenvalue weighted by Gasteiger charge is 2.24. The summed E-state index contributed by atoms with van der Waals surface area (Å²) in [4.78, 5) is 38.5. The van der Waals surface area contributed by atoms with Crippen molar-refractivity contribution in [3.63, 3.8) is 0 Å². The van der Waals surface area contributed by atoms with Gasteiger partial charge in [-0.2, -0.15) is 0 Å². The SMILES string of the molecule is Cc1ccc(C)c(NC(=O)C(C)OC(=O)c2cccc(N3CCCC3=O)c2)c1. The summed E-state index contributed by atoms with van der Waals surface area (Å²) in [5.74, 6) is -0.947. The van der Waals surface area contributed by atoms with Gasteiger partial charge in [-0.3, -0.25) is 9.59 Å². The maximum absolute atomic E-state index is 12.5. The lowest BCUT2D eigenvalue weighted by Crippen LogP contribution is -2.30. The molecule has 1 aliphatic rings. The van der Waals surface area contributed by atoms with Gasteiger partial charge in [0.05, 0.1) is 5.56 Å². The molecule has 1 heterocycles. The van der Waals surface area contributed by atoms with E-state index in [0.29, 0.717) is 29.9 Å². The maximum atomic E-state index is 12.5. The van der Waals surface area contributed by atoms with Crippen LogP contribution in [-0.2, 0) is 14.3 Å². The third kappa shape index (κ3) is 4.39. The number of hydrogen-bond donors (Lipinski definition) is 1. The first-order valence-electron chi connectivity index (χ1n) is 9.34. The molecule has 1 atom stereocenters. The Morgan fingerprint density at radius 2 is 1.93 bits per heavy atom. The number of esters is 1. The van der Waals surface area contributed by atoms with E-state index in [0.717, 1.165) is 17.5 Å². The van der Waals surface area contributed by atoms with E-state index in [1.807, 2.05) is 32.0 Å². The van der Waals surface area contributed by atoms with Crippen LogP contribution in [0.5, 0.6) is 0 Å². The van der Waals surface area contributed by atoms with E-state index in [-0.39, 0.29) is 5.91 Å². The summed E-state index contributed by atoms with van der Waals surface area (Å²) in [6.07, 6.45) is 0.373. The fourth-order valence-corrected chi connectivity index (χ4v) is 3.11. The molecule has 0 radical (unpaired) electrons. The molecule has 2 amide bonds. The molecule has 6 nitrogen and oxygen atoms in total. The Morgan fingerprint density at radius 1 is 1.14 bits per heavy atom. The second-order valence-corrected chi connectivity index (χ2v) is 7.05. The average Bonchev–Trinajstić information content (AvgIpc) is 3.10. The topological polar surface area (TPSA) is 75.7 Å². The van der Waals surface area contributed by atoms with Crippen molar-refractivity contribution in [2.24, 2.45) is 0 Å². The number of aryl methyl sites for hydroxylation is 2. The van der Waals surface area contributed by atoms with Gasteiger partial charge in [0.1, 0.15) is 0 Å². The number of carbonyl (C=O) groups excluding carboxylic acids is 3. The van der Waals surface area contributed by atoms with Gasteiger partial charge in [-0.15, -0.1) is 0 Å². The summed E-state index contributed by atoms with van der Waals surface area (Å²) < 4.78 is 5.33. The Morgan fingerprint density at radius 3 is 2.64 bits per heavy atom. The van der Waals surface area contributed by atoms with Crippen LogP contribution in [0.25, 0.3) is 0 Å². The number of ether oxygens (including phenoxy) is 1. The van der Waals surface area contributed by atoms with Crippen LogP contribution in [-0.4, -0.2) is 30.4 Å². The molecule has 2 aromatic carbocycles. The lowest BCUT2D eigenvalue weighted by Gasteiger charge is -2.17. The normalized spacial score (nSPS) is 14.7. The van der Waals surface area contributed by atoms with Gasteiger partial charge in [-0.25, -0.2) is 4.79 Å². The van der Waals surface area contributed by atoms with E-state index >= 15 is 0 Å². The number of anilines is 2. The molecule has 1 fully saturated rings. The third-order valence-corrected chi connectivity index (χ3v) is 4.77. The monoisotopic (exact) mass is 380 g/mol. The molecule has 6 heteroatoms. The minimum Gasteiger partial charge on any atom is -0.449 e. The zero-order chi connectivity index (χ0) is 20.3. The first kappa shape index (κ1) is 19.6. The Hall–Kier alpha value is -3.15. The molecule has 0 saturated carbocycles. The molecular weight excluding hydrogens is 356 g/mol. The third-order valence-electron chi connectivity index (χ3n) is 4.77. The van der Waals surface area contributed by atoms with E-state index in [1.165, 1.54) is 6.92 Å². The second-order valence-electron chi connectivity index (χ2n) is 7.05. The average molecular weight is 380 g/mol. The Kier molecular flexibility index (Phi) is 5.78. The molecule has 0 aliphatic carbocycles. The molecule has 1 saturated heterocycles. The quantitative estimate of drug-likeness (QED) is 0.804. The highest BCUT2D eigenvalue weighted by molar-refractivity contribution is 5.99. The van der Waals surface area contributed by atoms with E-state index in [9.17, 15) is 14.4 Å². The number of rotatable bonds is 5. The first-order valence-corrected chi connectivity index (χ1v) is 9.34. The highest BCUT2D eigenvalue weighted by atomic mass is 16.5. The fraction of sp³-hybridized carbons (Fsp3) is 0.318. The standard InChI is InChI=1S/C22H24N2O4/c1-14-9-10-15(2)19(12-14)23-21(26)16(3)28-22(27)17-6-4-7-18(13-17)24-11-5-8-20(24)25/h4,6-7,9-10,12-13,16H,5,8,11H2,1-3H3,(H,23,26). The van der Waals surface area contributed by atoms with Crippen LogP contribution in [0, 0.1) is 13.8 Å². The molecular formula is C22H24N2O4. The Labute approximate surface area is 164 Å². The molecule has 0 bridgehead atoms. The van der Waals surface area contributed by atoms with Crippen LogP contribution in [0.15, 0.2) is 42.5 Å². The van der Waals surface area contributed by atoms with Gasteiger partial charge in [-0.05, 0) is 62.6 Å². The predicted octanol–water partition coefficient (Wildman–Crippen LogP) is 3.61. The Balaban J connectivity index is 1.66. The molecule has 0 aromatic heterocycles. The summed E-state index contributed by atoms with van der Waals surface area (Å²) in [7, 11) is 0. The fourth-order valence-electron chi connectivity index (χ4n) is 3.11. The van der Waals surface area contributed by atoms with Crippen molar-refractivity contribution in [3.05, 3.63) is 59.2 Å². The van der Waals surface area contributed by atoms with E-state index in [1.54, 1.807) is 29.2 Å². The zero-order valence-electron chi connectivity index (χ0n) is 16.3. The van der Waals surface area contributed by atoms with Gasteiger partial charge in [0.25, 0.3) is 5.91 Å². The molecule has 3 rings (SSSR count). The Bertz CT molecular complexity index is 923. The second kappa shape index (κ2) is 8.25. The van der Waals surface area contributed by atoms with Crippen LogP contribution in [0.2, 0.25) is 0 Å². The zero-order valence-corrected chi connectivity index (χ0v) is 16.3. The van der Waals surface area contributed by atoms with E-state index < -0.39 is 18.0 Å². The number of nitrogens with one attached hydrogen (secondary N) is 1. The van der Waals surface area contributed by atoms with Gasteiger partial charge in [0.15, 0.2) is 6.10 Å². The number of carbonyl (C=O) groups is 3. The van der Waals surface area contributed by atoms with Crippen LogP contribution < -0.4 is 10.2 Å². The van der Waals surface area contributed by atoms with Crippen LogP contribution in [0.3, 0.4) is 0 Å². The molecule has 2 aromatic rings. The van der Waals surface area contributed by atoms with Crippen LogP contribution >= 0.6 is 0 Å². The maximum Gasteiger partial charge on any atom is 0.338 e. The van der Waals surface area contributed by atoms with Crippen molar-refractivity contribution in [3.8, 4) is 0 Å². The number of amides is 2. The summed E-state index contributed by atoms with van der Waals surface area (Å²) in [5, 5.41) is 2.80. The van der Waals surface area contributed by atoms with Crippen molar-refractivity contribution in [1.82, 2.24) is 0 Å². The van der Waals surface area contributed by atoms with Crippen molar-refractivity contribution < 1.29 is 19.1 Å².